The highest BCUT2D eigenvalue weighted by atomic mass is 32.2. The first-order valence-electron chi connectivity index (χ1n) is 12.2. The molecule has 18 heteroatoms. The molecule has 0 saturated heterocycles. The summed E-state index contributed by atoms with van der Waals surface area (Å²) in [6.45, 7) is 6.13. The number of carbonyl (C=O) groups is 5. The Labute approximate surface area is 243 Å². The van der Waals surface area contributed by atoms with Gasteiger partial charge in [-0.1, -0.05) is 6.92 Å². The number of thioether (sulfide) groups is 1. The molecule has 232 valence electrons. The number of nitro benzene ring substituents is 2. The molecule has 5 atom stereocenters. The molecule has 1 aromatic rings. The van der Waals surface area contributed by atoms with Crippen LogP contribution in [0.1, 0.15) is 41.5 Å². The van der Waals surface area contributed by atoms with Crippen molar-refractivity contribution in [2.75, 3.05) is 17.7 Å². The van der Waals surface area contributed by atoms with Crippen LogP contribution in [0.15, 0.2) is 18.2 Å². The number of rotatable bonds is 16. The number of nitrogens with one attached hydrogen (secondary N) is 1. The molecule has 1 rings (SSSR count). The second kappa shape index (κ2) is 16.7. The first-order valence-corrected chi connectivity index (χ1v) is 13.2. The Morgan fingerprint density at radius 3 is 1.81 bits per heavy atom. The van der Waals surface area contributed by atoms with E-state index in [-0.39, 0.29) is 11.4 Å². The van der Waals surface area contributed by atoms with Gasteiger partial charge in [0.05, 0.1) is 15.9 Å². The predicted molar refractivity (Wildman–Crippen MR) is 144 cm³/mol. The number of ether oxygens (including phenoxy) is 5. The fourth-order valence-electron chi connectivity index (χ4n) is 3.62. The maximum Gasteiger partial charge on any atom is 0.303 e. The highest BCUT2D eigenvalue weighted by Crippen LogP contribution is 2.34. The molecule has 17 nitrogen and oxygen atoms in total. The lowest BCUT2D eigenvalue weighted by Crippen LogP contribution is -2.57. The second-order valence-corrected chi connectivity index (χ2v) is 9.79. The number of hydrogen-bond acceptors (Lipinski definition) is 16. The summed E-state index contributed by atoms with van der Waals surface area (Å²) < 4.78 is 26.5. The fraction of sp³-hybridized carbons (Fsp3) is 0.542. The molecule has 0 aliphatic heterocycles. The van der Waals surface area contributed by atoms with Crippen LogP contribution in [0.5, 0.6) is 0 Å². The molecular formula is C24H31N3O14S. The van der Waals surface area contributed by atoms with Gasteiger partial charge in [-0.15, -0.1) is 11.8 Å². The predicted octanol–water partition coefficient (Wildman–Crippen LogP) is 2.28. The summed E-state index contributed by atoms with van der Waals surface area (Å²) in [7, 11) is 0. The average Bonchev–Trinajstić information content (AvgIpc) is 2.86. The third kappa shape index (κ3) is 11.6. The van der Waals surface area contributed by atoms with Crippen LogP contribution < -0.4 is 5.32 Å². The summed E-state index contributed by atoms with van der Waals surface area (Å²) in [5, 5.41) is 25.8. The van der Waals surface area contributed by atoms with Crippen LogP contribution in [0.2, 0.25) is 0 Å². The van der Waals surface area contributed by atoms with E-state index in [4.69, 9.17) is 23.7 Å². The second-order valence-electron chi connectivity index (χ2n) is 8.42. The van der Waals surface area contributed by atoms with Crippen molar-refractivity contribution in [2.45, 2.75) is 71.3 Å². The Hall–Kier alpha value is -4.48. The smallest absolute Gasteiger partial charge is 0.303 e. The number of non-ortho nitro benzene ring substituents is 1. The maximum atomic E-state index is 12.3. The highest BCUT2D eigenvalue weighted by Gasteiger charge is 2.47. The Morgan fingerprint density at radius 1 is 0.810 bits per heavy atom. The van der Waals surface area contributed by atoms with Crippen molar-refractivity contribution in [1.29, 1.82) is 0 Å². The van der Waals surface area contributed by atoms with Gasteiger partial charge in [0.1, 0.15) is 18.3 Å². The largest absolute Gasteiger partial charge is 0.462 e. The van der Waals surface area contributed by atoms with Gasteiger partial charge in [-0.3, -0.25) is 44.2 Å². The maximum absolute atomic E-state index is 12.3. The van der Waals surface area contributed by atoms with Gasteiger partial charge in [0.25, 0.3) is 11.4 Å². The van der Waals surface area contributed by atoms with Crippen LogP contribution in [0.25, 0.3) is 0 Å². The van der Waals surface area contributed by atoms with E-state index in [2.05, 4.69) is 5.32 Å². The Kier molecular flexibility index (Phi) is 14.1. The molecule has 0 saturated carbocycles. The van der Waals surface area contributed by atoms with Gasteiger partial charge in [0.15, 0.2) is 23.7 Å². The van der Waals surface area contributed by atoms with Crippen molar-refractivity contribution in [2.24, 2.45) is 0 Å². The lowest BCUT2D eigenvalue weighted by atomic mass is 9.99. The van der Waals surface area contributed by atoms with Crippen LogP contribution in [0.3, 0.4) is 0 Å². The topological polar surface area (TPSA) is 230 Å². The molecule has 0 heterocycles. The van der Waals surface area contributed by atoms with Crippen LogP contribution in [0, 0.1) is 20.2 Å². The summed E-state index contributed by atoms with van der Waals surface area (Å²) >= 11 is 0.981. The van der Waals surface area contributed by atoms with Gasteiger partial charge in [-0.2, -0.15) is 0 Å². The van der Waals surface area contributed by atoms with Crippen LogP contribution in [-0.4, -0.2) is 81.8 Å². The number of esters is 5. The number of nitro groups is 2. The first kappa shape index (κ1) is 35.5. The zero-order valence-corrected chi connectivity index (χ0v) is 24.4. The van der Waals surface area contributed by atoms with Gasteiger partial charge in [0, 0.05) is 40.7 Å². The number of carbonyl (C=O) groups excluding carboxylic acids is 5. The molecule has 0 bridgehead atoms. The molecular weight excluding hydrogens is 586 g/mol. The summed E-state index contributed by atoms with van der Waals surface area (Å²) in [6.07, 6.45) is -5.05. The quantitative estimate of drug-likeness (QED) is 0.0921. The van der Waals surface area contributed by atoms with Crippen molar-refractivity contribution in [1.82, 2.24) is 0 Å². The zero-order chi connectivity index (χ0) is 32.1. The molecule has 0 aliphatic carbocycles. The molecule has 1 aromatic carbocycles. The SMILES string of the molecule is CCS[C@H](OC(C)=O)[C@@H](Nc1ccc([N+](=O)[O-])cc1[N+](=O)[O-])[C@H](OC(C)=O)[C@H](OC(C)=O)[C@@H](COC(C)=O)OC(C)=O. The van der Waals surface area contributed by atoms with Gasteiger partial charge in [-0.25, -0.2) is 0 Å². The molecule has 0 aromatic heterocycles. The molecule has 0 amide bonds. The Morgan fingerprint density at radius 2 is 1.36 bits per heavy atom. The molecule has 0 fully saturated rings. The van der Waals surface area contributed by atoms with E-state index in [9.17, 15) is 44.2 Å². The number of benzene rings is 1. The molecule has 0 aliphatic rings. The van der Waals surface area contributed by atoms with E-state index >= 15 is 0 Å². The van der Waals surface area contributed by atoms with Crippen LogP contribution in [0.4, 0.5) is 17.1 Å². The van der Waals surface area contributed by atoms with Gasteiger partial charge >= 0.3 is 29.8 Å². The average molecular weight is 618 g/mol. The van der Waals surface area contributed by atoms with E-state index in [1.807, 2.05) is 0 Å². The molecule has 0 radical (unpaired) electrons. The van der Waals surface area contributed by atoms with Crippen molar-refractivity contribution < 1.29 is 57.5 Å². The molecule has 1 N–H and O–H groups in total. The van der Waals surface area contributed by atoms with E-state index in [0.717, 1.165) is 58.5 Å². The number of hydrogen-bond donors (Lipinski definition) is 1. The standard InChI is InChI=1S/C24H31N3O14S/c1-7-42-24(41-16(6)32)21(25-18-9-8-17(26(33)34)10-19(18)27(35)36)23(40-15(5)31)22(39-14(4)30)20(38-13(3)29)11-37-12(2)28/h8-10,20-25H,7,11H2,1-6H3/t20-,21+,22-,23+,24+/m1/s1. The molecule has 0 spiro atoms. The Balaban J connectivity index is 3.97. The van der Waals surface area contributed by atoms with Crippen molar-refractivity contribution in [3.05, 3.63) is 38.4 Å². The number of nitrogens with zero attached hydrogens (tertiary/aromatic N) is 2. The van der Waals surface area contributed by atoms with Crippen molar-refractivity contribution >= 4 is 58.7 Å². The normalized spacial score (nSPS) is 14.1. The van der Waals surface area contributed by atoms with Crippen molar-refractivity contribution in [3.8, 4) is 0 Å². The number of anilines is 1. The third-order valence-electron chi connectivity index (χ3n) is 5.03. The summed E-state index contributed by atoms with van der Waals surface area (Å²) in [5.41, 5.74) is -3.00. The summed E-state index contributed by atoms with van der Waals surface area (Å²) in [5.74, 6) is -4.14. The van der Waals surface area contributed by atoms with Gasteiger partial charge < -0.3 is 29.0 Å². The first-order chi connectivity index (χ1) is 19.6. The minimum absolute atomic E-state index is 0.282. The van der Waals surface area contributed by atoms with E-state index < -0.39 is 87.5 Å². The minimum Gasteiger partial charge on any atom is -0.462 e. The third-order valence-corrected chi connectivity index (χ3v) is 6.09. The summed E-state index contributed by atoms with van der Waals surface area (Å²) in [4.78, 5) is 81.4. The minimum atomic E-state index is -1.74. The zero-order valence-electron chi connectivity index (χ0n) is 23.6. The summed E-state index contributed by atoms with van der Waals surface area (Å²) in [6, 6.07) is 1.16. The highest BCUT2D eigenvalue weighted by molar-refractivity contribution is 7.99. The molecule has 42 heavy (non-hydrogen) atoms. The van der Waals surface area contributed by atoms with Gasteiger partial charge in [-0.05, 0) is 11.8 Å². The Bertz CT molecular complexity index is 1190. The lowest BCUT2D eigenvalue weighted by molar-refractivity contribution is -0.393. The van der Waals surface area contributed by atoms with E-state index in [1.54, 1.807) is 6.92 Å². The van der Waals surface area contributed by atoms with Crippen LogP contribution in [-0.2, 0) is 47.7 Å². The van der Waals surface area contributed by atoms with Gasteiger partial charge in [0.2, 0.25) is 0 Å². The van der Waals surface area contributed by atoms with E-state index in [0.29, 0.717) is 6.07 Å². The fourth-order valence-corrected chi connectivity index (χ4v) is 4.58. The lowest BCUT2D eigenvalue weighted by Gasteiger charge is -2.38. The molecule has 0 unspecified atom stereocenters. The van der Waals surface area contributed by atoms with E-state index in [1.165, 1.54) is 0 Å². The van der Waals surface area contributed by atoms with Crippen molar-refractivity contribution in [3.63, 3.8) is 0 Å². The van der Waals surface area contributed by atoms with Crippen LogP contribution >= 0.6 is 11.8 Å². The monoisotopic (exact) mass is 617 g/mol.